The fraction of sp³-hybridized carbons (Fsp3) is 0.571. The Morgan fingerprint density at radius 2 is 1.80 bits per heavy atom. The van der Waals surface area contributed by atoms with Gasteiger partial charge in [0.2, 0.25) is 0 Å². The zero-order valence-electron chi connectivity index (χ0n) is 10.0. The van der Waals surface area contributed by atoms with Gasteiger partial charge in [0.15, 0.2) is 0 Å². The molecule has 0 spiro atoms. The molecule has 1 aliphatic rings. The molecule has 1 nitrogen and oxygen atoms in total. The van der Waals surface area contributed by atoms with Gasteiger partial charge in [0.1, 0.15) is 0 Å². The first-order valence-electron chi connectivity index (χ1n) is 5.91. The molecule has 1 aromatic carbocycles. The van der Waals surface area contributed by atoms with Crippen LogP contribution in [0, 0.1) is 0 Å². The summed E-state index contributed by atoms with van der Waals surface area (Å²) in [6.45, 7) is 7.95. The molecule has 1 heteroatoms. The van der Waals surface area contributed by atoms with Crippen LogP contribution in [0.4, 0.5) is 0 Å². The fourth-order valence-corrected chi connectivity index (χ4v) is 2.18. The van der Waals surface area contributed by atoms with Crippen molar-refractivity contribution in [3.05, 3.63) is 35.4 Å². The molecule has 0 aliphatic carbocycles. The molecular weight excluding hydrogens is 182 g/mol. The van der Waals surface area contributed by atoms with Crippen LogP contribution in [0.25, 0.3) is 0 Å². The molecule has 82 valence electrons. The molecule has 0 aromatic heterocycles. The van der Waals surface area contributed by atoms with E-state index < -0.39 is 0 Å². The quantitative estimate of drug-likeness (QED) is 0.737. The van der Waals surface area contributed by atoms with E-state index in [1.165, 1.54) is 30.5 Å². The zero-order chi connectivity index (χ0) is 10.9. The van der Waals surface area contributed by atoms with Gasteiger partial charge in [0.25, 0.3) is 0 Å². The van der Waals surface area contributed by atoms with Crippen molar-refractivity contribution in [1.29, 1.82) is 0 Å². The van der Waals surface area contributed by atoms with Gasteiger partial charge in [-0.2, -0.15) is 0 Å². The minimum Gasteiger partial charge on any atom is -0.310 e. The van der Waals surface area contributed by atoms with Crippen molar-refractivity contribution >= 4 is 0 Å². The maximum absolute atomic E-state index is 3.53. The van der Waals surface area contributed by atoms with Crippen molar-refractivity contribution < 1.29 is 0 Å². The van der Waals surface area contributed by atoms with Gasteiger partial charge in [-0.15, -0.1) is 0 Å². The van der Waals surface area contributed by atoms with Crippen molar-refractivity contribution in [2.45, 2.75) is 45.1 Å². The highest BCUT2D eigenvalue weighted by Crippen LogP contribution is 2.27. The fourth-order valence-electron chi connectivity index (χ4n) is 2.18. The molecule has 1 aromatic rings. The van der Waals surface area contributed by atoms with Crippen molar-refractivity contribution in [3.8, 4) is 0 Å². The van der Waals surface area contributed by atoms with E-state index in [2.05, 4.69) is 50.4 Å². The molecule has 1 fully saturated rings. The number of nitrogens with one attached hydrogen (secondary N) is 1. The third-order valence-corrected chi connectivity index (χ3v) is 3.24. The Morgan fingerprint density at radius 1 is 1.13 bits per heavy atom. The molecule has 0 amide bonds. The summed E-state index contributed by atoms with van der Waals surface area (Å²) in [5, 5.41) is 3.53. The average Bonchev–Trinajstić information content (AvgIpc) is 2.69. The van der Waals surface area contributed by atoms with Gasteiger partial charge < -0.3 is 5.32 Å². The van der Waals surface area contributed by atoms with Gasteiger partial charge in [-0.3, -0.25) is 0 Å². The SMILES string of the molecule is CC(C)(C)c1ccc(C2CCCN2)cc1. The van der Waals surface area contributed by atoms with E-state index in [9.17, 15) is 0 Å². The summed E-state index contributed by atoms with van der Waals surface area (Å²) >= 11 is 0. The summed E-state index contributed by atoms with van der Waals surface area (Å²) in [5.74, 6) is 0. The van der Waals surface area contributed by atoms with Gasteiger partial charge in [-0.25, -0.2) is 0 Å². The van der Waals surface area contributed by atoms with Crippen LogP contribution in [0.15, 0.2) is 24.3 Å². The number of rotatable bonds is 1. The Kier molecular flexibility index (Phi) is 2.83. The first-order valence-corrected chi connectivity index (χ1v) is 5.91. The summed E-state index contributed by atoms with van der Waals surface area (Å²) in [6.07, 6.45) is 2.60. The third-order valence-electron chi connectivity index (χ3n) is 3.24. The molecule has 1 heterocycles. The second kappa shape index (κ2) is 3.97. The van der Waals surface area contributed by atoms with Crippen LogP contribution in [0.3, 0.4) is 0 Å². The average molecular weight is 203 g/mol. The van der Waals surface area contributed by atoms with Crippen molar-refractivity contribution in [2.24, 2.45) is 0 Å². The van der Waals surface area contributed by atoms with Gasteiger partial charge in [0.05, 0.1) is 0 Å². The van der Waals surface area contributed by atoms with E-state index in [1.807, 2.05) is 0 Å². The predicted molar refractivity (Wildman–Crippen MR) is 65.1 cm³/mol. The van der Waals surface area contributed by atoms with E-state index >= 15 is 0 Å². The molecule has 0 bridgehead atoms. The highest BCUT2D eigenvalue weighted by molar-refractivity contribution is 5.29. The molecule has 1 N–H and O–H groups in total. The lowest BCUT2D eigenvalue weighted by Gasteiger charge is -2.20. The van der Waals surface area contributed by atoms with Gasteiger partial charge in [-0.05, 0) is 35.9 Å². The summed E-state index contributed by atoms with van der Waals surface area (Å²) in [5.41, 5.74) is 3.13. The third kappa shape index (κ3) is 2.40. The minimum absolute atomic E-state index is 0.266. The van der Waals surface area contributed by atoms with Crippen LogP contribution in [0.2, 0.25) is 0 Å². The molecular formula is C14H21N. The topological polar surface area (TPSA) is 12.0 Å². The molecule has 1 aliphatic heterocycles. The minimum atomic E-state index is 0.266. The Balaban J connectivity index is 2.16. The highest BCUT2D eigenvalue weighted by Gasteiger charge is 2.17. The first kappa shape index (κ1) is 10.7. The lowest BCUT2D eigenvalue weighted by molar-refractivity contribution is 0.588. The van der Waals surface area contributed by atoms with Gasteiger partial charge >= 0.3 is 0 Å². The zero-order valence-corrected chi connectivity index (χ0v) is 10.0. The molecule has 1 saturated heterocycles. The normalized spacial score (nSPS) is 21.9. The largest absolute Gasteiger partial charge is 0.310 e. The van der Waals surface area contributed by atoms with Crippen molar-refractivity contribution in [1.82, 2.24) is 5.32 Å². The molecule has 2 rings (SSSR count). The molecule has 15 heavy (non-hydrogen) atoms. The molecule has 1 unspecified atom stereocenters. The number of hydrogen-bond donors (Lipinski definition) is 1. The Bertz CT molecular complexity index is 312. The molecule has 0 saturated carbocycles. The second-order valence-corrected chi connectivity index (χ2v) is 5.52. The van der Waals surface area contributed by atoms with E-state index in [0.717, 1.165) is 0 Å². The van der Waals surface area contributed by atoms with Crippen molar-refractivity contribution in [3.63, 3.8) is 0 Å². The van der Waals surface area contributed by atoms with E-state index in [4.69, 9.17) is 0 Å². The maximum atomic E-state index is 3.53. The van der Waals surface area contributed by atoms with E-state index in [1.54, 1.807) is 0 Å². The van der Waals surface area contributed by atoms with Gasteiger partial charge in [-0.1, -0.05) is 45.0 Å². The van der Waals surface area contributed by atoms with Crippen LogP contribution in [0.1, 0.15) is 50.8 Å². The van der Waals surface area contributed by atoms with Crippen LogP contribution in [-0.4, -0.2) is 6.54 Å². The van der Waals surface area contributed by atoms with Crippen LogP contribution < -0.4 is 5.32 Å². The van der Waals surface area contributed by atoms with E-state index in [0.29, 0.717) is 6.04 Å². The van der Waals surface area contributed by atoms with Gasteiger partial charge in [0, 0.05) is 6.04 Å². The summed E-state index contributed by atoms with van der Waals surface area (Å²) in [6, 6.07) is 9.71. The van der Waals surface area contributed by atoms with Crippen LogP contribution in [-0.2, 0) is 5.41 Å². The Labute approximate surface area is 92.9 Å². The highest BCUT2D eigenvalue weighted by atomic mass is 14.9. The number of hydrogen-bond acceptors (Lipinski definition) is 1. The Hall–Kier alpha value is -0.820. The second-order valence-electron chi connectivity index (χ2n) is 5.52. The number of benzene rings is 1. The van der Waals surface area contributed by atoms with Crippen molar-refractivity contribution in [2.75, 3.05) is 6.54 Å². The molecule has 0 radical (unpaired) electrons. The summed E-state index contributed by atoms with van der Waals surface area (Å²) in [4.78, 5) is 0. The van der Waals surface area contributed by atoms with Crippen LogP contribution >= 0.6 is 0 Å². The smallest absolute Gasteiger partial charge is 0.0320 e. The predicted octanol–water partition coefficient (Wildman–Crippen LogP) is 3.41. The lowest BCUT2D eigenvalue weighted by atomic mass is 9.86. The molecule has 1 atom stereocenters. The Morgan fingerprint density at radius 3 is 2.27 bits per heavy atom. The summed E-state index contributed by atoms with van der Waals surface area (Å²) < 4.78 is 0. The first-order chi connectivity index (χ1) is 7.07. The van der Waals surface area contributed by atoms with Crippen LogP contribution in [0.5, 0.6) is 0 Å². The monoisotopic (exact) mass is 203 g/mol. The maximum Gasteiger partial charge on any atom is 0.0320 e. The summed E-state index contributed by atoms with van der Waals surface area (Å²) in [7, 11) is 0. The lowest BCUT2D eigenvalue weighted by Crippen LogP contribution is -2.14. The standard InChI is InChI=1S/C14H21N/c1-14(2,3)12-8-6-11(7-9-12)13-5-4-10-15-13/h6-9,13,15H,4-5,10H2,1-3H3. The van der Waals surface area contributed by atoms with E-state index in [-0.39, 0.29) is 5.41 Å².